The molecule has 0 amide bonds. The number of anilines is 1. The molecule has 0 saturated carbocycles. The summed E-state index contributed by atoms with van der Waals surface area (Å²) in [6.07, 6.45) is -0.895. The Morgan fingerprint density at radius 3 is 2.68 bits per heavy atom. The van der Waals surface area contributed by atoms with Crippen molar-refractivity contribution in [1.29, 1.82) is 0 Å². The van der Waals surface area contributed by atoms with Gasteiger partial charge in [-0.3, -0.25) is 13.9 Å². The number of hydrogen-bond donors (Lipinski definition) is 3. The van der Waals surface area contributed by atoms with Crippen molar-refractivity contribution >= 4 is 42.3 Å². The summed E-state index contributed by atoms with van der Waals surface area (Å²) >= 11 is 6.73. The zero-order valence-electron chi connectivity index (χ0n) is 21.2. The van der Waals surface area contributed by atoms with E-state index < -0.39 is 49.7 Å². The molecule has 4 rings (SSSR count). The van der Waals surface area contributed by atoms with Gasteiger partial charge in [0.2, 0.25) is 0 Å². The van der Waals surface area contributed by atoms with Crippen LogP contribution in [0.5, 0.6) is 5.75 Å². The molecule has 206 valence electrons. The molecule has 15 heteroatoms. The Labute approximate surface area is 224 Å². The minimum absolute atomic E-state index is 0.179. The van der Waals surface area contributed by atoms with Crippen molar-refractivity contribution in [2.75, 3.05) is 12.3 Å². The van der Waals surface area contributed by atoms with Gasteiger partial charge >= 0.3 is 13.7 Å². The zero-order valence-corrected chi connectivity index (χ0v) is 22.9. The number of aliphatic hydroxyl groups is 1. The smallest absolute Gasteiger partial charge is 0.459 e. The Kier molecular flexibility index (Phi) is 8.26. The highest BCUT2D eigenvalue weighted by Gasteiger charge is 2.54. The number of rotatable bonds is 10. The number of halogens is 1. The molecular formula is C23H30ClN6O7P. The van der Waals surface area contributed by atoms with E-state index in [9.17, 15) is 14.5 Å². The van der Waals surface area contributed by atoms with Crippen LogP contribution in [-0.2, 0) is 23.4 Å². The molecule has 1 fully saturated rings. The van der Waals surface area contributed by atoms with Gasteiger partial charge in [-0.1, -0.05) is 18.2 Å². The van der Waals surface area contributed by atoms with E-state index >= 15 is 0 Å². The molecule has 38 heavy (non-hydrogen) atoms. The van der Waals surface area contributed by atoms with Crippen molar-refractivity contribution in [3.05, 3.63) is 43.0 Å². The number of nitrogen functional groups attached to an aromatic ring is 1. The third-order valence-corrected chi connectivity index (χ3v) is 7.85. The van der Waals surface area contributed by atoms with E-state index in [1.54, 1.807) is 51.1 Å². The maximum Gasteiger partial charge on any atom is 0.459 e. The Hall–Kier alpha value is -2.80. The molecule has 4 N–H and O–H groups in total. The summed E-state index contributed by atoms with van der Waals surface area (Å²) in [7, 11) is -4.18. The van der Waals surface area contributed by atoms with Crippen molar-refractivity contribution < 1.29 is 33.0 Å². The van der Waals surface area contributed by atoms with Crippen LogP contribution in [0.25, 0.3) is 11.2 Å². The highest BCUT2D eigenvalue weighted by molar-refractivity contribution is 7.52. The van der Waals surface area contributed by atoms with Gasteiger partial charge in [0.05, 0.1) is 19.0 Å². The second-order valence-corrected chi connectivity index (χ2v) is 11.7. The highest BCUT2D eigenvalue weighted by atomic mass is 35.5. The lowest BCUT2D eigenvalue weighted by atomic mass is 10.0. The Bertz CT molecular complexity index is 1320. The van der Waals surface area contributed by atoms with Crippen LogP contribution in [-0.4, -0.2) is 66.4 Å². The third kappa shape index (κ3) is 5.93. The number of nitrogens with one attached hydrogen (secondary N) is 1. The average Bonchev–Trinajstić information content (AvgIpc) is 3.37. The number of carbonyl (C=O) groups is 1. The molecule has 1 saturated heterocycles. The fourth-order valence-corrected chi connectivity index (χ4v) is 5.70. The third-order valence-electron chi connectivity index (χ3n) is 5.79. The van der Waals surface area contributed by atoms with Gasteiger partial charge in [-0.05, 0) is 39.8 Å². The van der Waals surface area contributed by atoms with E-state index in [0.717, 1.165) is 0 Å². The second-order valence-electron chi connectivity index (χ2n) is 9.24. The normalized spacial score (nSPS) is 25.8. The second kappa shape index (κ2) is 11.1. The summed E-state index contributed by atoms with van der Waals surface area (Å²) in [5, 5.41) is 13.6. The van der Waals surface area contributed by atoms with Crippen molar-refractivity contribution in [1.82, 2.24) is 24.6 Å². The van der Waals surface area contributed by atoms with Crippen LogP contribution >= 0.6 is 19.3 Å². The van der Waals surface area contributed by atoms with Crippen molar-refractivity contribution in [3.63, 3.8) is 0 Å². The number of ether oxygens (including phenoxy) is 2. The molecular weight excluding hydrogens is 539 g/mol. The van der Waals surface area contributed by atoms with E-state index in [2.05, 4.69) is 20.0 Å². The number of imidazole rings is 1. The quantitative estimate of drug-likeness (QED) is 0.186. The molecule has 2 aromatic heterocycles. The maximum atomic E-state index is 13.8. The summed E-state index contributed by atoms with van der Waals surface area (Å²) in [5.74, 6) is -0.221. The average molecular weight is 569 g/mol. The van der Waals surface area contributed by atoms with E-state index in [1.807, 2.05) is 0 Å². The molecule has 1 aliphatic heterocycles. The molecule has 1 aromatic carbocycles. The predicted molar refractivity (Wildman–Crippen MR) is 138 cm³/mol. The highest BCUT2D eigenvalue weighted by Crippen LogP contribution is 2.48. The van der Waals surface area contributed by atoms with E-state index in [4.69, 9.17) is 35.9 Å². The van der Waals surface area contributed by atoms with E-state index in [0.29, 0.717) is 11.2 Å². The molecule has 1 unspecified atom stereocenters. The standard InChI is InChI=1S/C23H30ClN6O7P/c1-13(2)35-21(32)14(3)29-38(33,37-15-8-6-5-7-9-15)34-10-16-18(31)23(4,24)22(36-16)30-12-28-17-19(25)26-11-27-20(17)30/h5-9,11-14,16,18,22,31H,10H2,1-4H3,(H,29,33)(H2,25,26,27)/t14-,16-,18-,22-,23-,38?/m1/s1. The van der Waals surface area contributed by atoms with E-state index in [-0.39, 0.29) is 17.7 Å². The first-order valence-electron chi connectivity index (χ1n) is 11.8. The number of hydrogen-bond acceptors (Lipinski definition) is 11. The summed E-state index contributed by atoms with van der Waals surface area (Å²) < 4.78 is 37.8. The lowest BCUT2D eigenvalue weighted by molar-refractivity contribution is -0.149. The predicted octanol–water partition coefficient (Wildman–Crippen LogP) is 2.80. The van der Waals surface area contributed by atoms with Crippen LogP contribution in [0.4, 0.5) is 5.82 Å². The molecule has 3 aromatic rings. The fraction of sp³-hybridized carbons (Fsp3) is 0.478. The van der Waals surface area contributed by atoms with Gasteiger partial charge in [0.25, 0.3) is 0 Å². The summed E-state index contributed by atoms with van der Waals surface area (Å²) in [6.45, 7) is 6.06. The fourth-order valence-electron chi connectivity index (χ4n) is 3.90. The molecule has 0 bridgehead atoms. The van der Waals surface area contributed by atoms with Gasteiger partial charge in [0.15, 0.2) is 17.7 Å². The minimum atomic E-state index is -4.18. The van der Waals surface area contributed by atoms with Crippen LogP contribution in [0.3, 0.4) is 0 Å². The van der Waals surface area contributed by atoms with Crippen LogP contribution in [0.1, 0.15) is 33.9 Å². The van der Waals surface area contributed by atoms with Crippen LogP contribution < -0.4 is 15.3 Å². The first-order valence-corrected chi connectivity index (χ1v) is 13.8. The largest absolute Gasteiger partial charge is 0.462 e. The number of esters is 1. The van der Waals surface area contributed by atoms with Gasteiger partial charge in [-0.25, -0.2) is 19.5 Å². The van der Waals surface area contributed by atoms with Crippen LogP contribution in [0.15, 0.2) is 43.0 Å². The molecule has 0 radical (unpaired) electrons. The number of alkyl halides is 1. The van der Waals surface area contributed by atoms with Gasteiger partial charge in [0.1, 0.15) is 40.7 Å². The minimum Gasteiger partial charge on any atom is -0.462 e. The first kappa shape index (κ1) is 28.2. The van der Waals surface area contributed by atoms with Gasteiger partial charge in [-0.2, -0.15) is 5.09 Å². The zero-order chi connectivity index (χ0) is 27.7. The number of benzene rings is 1. The molecule has 3 heterocycles. The number of carbonyl (C=O) groups excluding carboxylic acids is 1. The summed E-state index contributed by atoms with van der Waals surface area (Å²) in [6, 6.07) is 7.27. The number of aromatic nitrogens is 4. The number of fused-ring (bicyclic) bond motifs is 1. The summed E-state index contributed by atoms with van der Waals surface area (Å²) in [5.41, 5.74) is 6.60. The number of para-hydroxylation sites is 1. The van der Waals surface area contributed by atoms with Crippen molar-refractivity contribution in [3.8, 4) is 5.75 Å². The Balaban J connectivity index is 1.54. The number of nitrogens with zero attached hydrogens (tertiary/aromatic N) is 4. The SMILES string of the molecule is CC(C)OC(=O)[C@@H](C)NP(=O)(OC[C@H]1O[C@@H](n2cnc3c(N)ncnc32)[C@](C)(Cl)[C@@H]1O)Oc1ccccc1. The monoisotopic (exact) mass is 568 g/mol. The topological polar surface area (TPSA) is 173 Å². The van der Waals surface area contributed by atoms with E-state index in [1.165, 1.54) is 24.1 Å². The van der Waals surface area contributed by atoms with Gasteiger partial charge < -0.3 is 24.8 Å². The maximum absolute atomic E-state index is 13.8. The van der Waals surface area contributed by atoms with Gasteiger partial charge in [-0.15, -0.1) is 11.6 Å². The lowest BCUT2D eigenvalue weighted by Crippen LogP contribution is -2.40. The van der Waals surface area contributed by atoms with Crippen LogP contribution in [0, 0.1) is 0 Å². The first-order chi connectivity index (χ1) is 17.9. The Morgan fingerprint density at radius 1 is 1.29 bits per heavy atom. The summed E-state index contributed by atoms with van der Waals surface area (Å²) in [4.78, 5) is 23.4. The Morgan fingerprint density at radius 2 is 2.00 bits per heavy atom. The lowest BCUT2D eigenvalue weighted by Gasteiger charge is -2.26. The van der Waals surface area contributed by atoms with Gasteiger partial charge in [0, 0.05) is 0 Å². The number of aliphatic hydroxyl groups excluding tert-OH is 1. The van der Waals surface area contributed by atoms with Crippen LogP contribution in [0.2, 0.25) is 0 Å². The molecule has 6 atom stereocenters. The number of nitrogens with two attached hydrogens (primary N) is 1. The molecule has 0 aliphatic carbocycles. The van der Waals surface area contributed by atoms with Crippen molar-refractivity contribution in [2.45, 2.75) is 63.2 Å². The van der Waals surface area contributed by atoms with Crippen molar-refractivity contribution in [2.24, 2.45) is 0 Å². The molecule has 13 nitrogen and oxygen atoms in total. The molecule has 1 aliphatic rings. The molecule has 0 spiro atoms.